The van der Waals surface area contributed by atoms with E-state index in [2.05, 4.69) is 14.7 Å². The van der Waals surface area contributed by atoms with Gasteiger partial charge in [0, 0.05) is 0 Å². The molecule has 142 valence electrons. The molecule has 0 spiro atoms. The van der Waals surface area contributed by atoms with Crippen molar-refractivity contribution in [2.24, 2.45) is 0 Å². The number of methoxy groups -OCH3 is 1. The molecule has 6 nitrogen and oxygen atoms in total. The summed E-state index contributed by atoms with van der Waals surface area (Å²) >= 11 is 0. The van der Waals surface area contributed by atoms with E-state index in [1.54, 1.807) is 12.1 Å². The average Bonchev–Trinajstić information content (AvgIpc) is 3.17. The molecule has 1 atom stereocenters. The molecule has 0 bridgehead atoms. The molecule has 0 aliphatic heterocycles. The molecule has 0 aliphatic rings. The van der Waals surface area contributed by atoms with E-state index in [1.165, 1.54) is 19.2 Å². The highest BCUT2D eigenvalue weighted by Crippen LogP contribution is 2.25. The second kappa shape index (κ2) is 7.46. The SMILES string of the molecule is COc1ccc(S(=O)(=O)NC(c2ccccc2)c2nc3ccccc3[nH]2)cc1. The van der Waals surface area contributed by atoms with Crippen LogP contribution < -0.4 is 9.46 Å². The number of benzene rings is 3. The minimum Gasteiger partial charge on any atom is -0.497 e. The lowest BCUT2D eigenvalue weighted by Crippen LogP contribution is -2.30. The van der Waals surface area contributed by atoms with E-state index in [9.17, 15) is 8.42 Å². The minimum absolute atomic E-state index is 0.158. The summed E-state index contributed by atoms with van der Waals surface area (Å²) in [4.78, 5) is 7.98. The summed E-state index contributed by atoms with van der Waals surface area (Å²) in [7, 11) is -2.25. The number of aromatic amines is 1. The quantitative estimate of drug-likeness (QED) is 0.524. The molecule has 4 rings (SSSR count). The van der Waals surface area contributed by atoms with Gasteiger partial charge in [-0.2, -0.15) is 4.72 Å². The van der Waals surface area contributed by atoms with Gasteiger partial charge >= 0.3 is 0 Å². The maximum Gasteiger partial charge on any atom is 0.241 e. The highest BCUT2D eigenvalue weighted by Gasteiger charge is 2.25. The molecule has 0 radical (unpaired) electrons. The van der Waals surface area contributed by atoms with Crippen molar-refractivity contribution in [3.05, 3.63) is 90.3 Å². The van der Waals surface area contributed by atoms with Gasteiger partial charge in [0.1, 0.15) is 17.6 Å². The van der Waals surface area contributed by atoms with E-state index in [-0.39, 0.29) is 4.90 Å². The van der Waals surface area contributed by atoms with Crippen LogP contribution in [0.3, 0.4) is 0 Å². The molecular weight excluding hydrogens is 374 g/mol. The van der Waals surface area contributed by atoms with Crippen molar-refractivity contribution in [1.82, 2.24) is 14.7 Å². The topological polar surface area (TPSA) is 84.1 Å². The minimum atomic E-state index is -3.78. The number of nitrogens with one attached hydrogen (secondary N) is 2. The normalized spacial score (nSPS) is 12.8. The van der Waals surface area contributed by atoms with Crippen LogP contribution in [0.15, 0.2) is 83.8 Å². The molecule has 7 heteroatoms. The molecule has 1 heterocycles. The molecule has 3 aromatic carbocycles. The van der Waals surface area contributed by atoms with Gasteiger partial charge in [0.05, 0.1) is 23.0 Å². The predicted molar refractivity (Wildman–Crippen MR) is 108 cm³/mol. The zero-order valence-electron chi connectivity index (χ0n) is 15.2. The Morgan fingerprint density at radius 3 is 2.29 bits per heavy atom. The number of nitrogens with zero attached hydrogens (tertiary/aromatic N) is 1. The number of sulfonamides is 1. The summed E-state index contributed by atoms with van der Waals surface area (Å²) in [5.41, 5.74) is 2.42. The van der Waals surface area contributed by atoms with Crippen molar-refractivity contribution in [3.63, 3.8) is 0 Å². The van der Waals surface area contributed by atoms with Gasteiger partial charge in [0.25, 0.3) is 0 Å². The first kappa shape index (κ1) is 18.2. The van der Waals surface area contributed by atoms with Gasteiger partial charge in [-0.05, 0) is 42.0 Å². The summed E-state index contributed by atoms with van der Waals surface area (Å²) in [5.74, 6) is 1.13. The van der Waals surface area contributed by atoms with Crippen LogP contribution in [0.2, 0.25) is 0 Å². The van der Waals surface area contributed by atoms with Crippen molar-refractivity contribution in [1.29, 1.82) is 0 Å². The van der Waals surface area contributed by atoms with Crippen molar-refractivity contribution >= 4 is 21.1 Å². The first-order chi connectivity index (χ1) is 13.6. The number of imidazole rings is 1. The van der Waals surface area contributed by atoms with Crippen LogP contribution in [-0.4, -0.2) is 25.5 Å². The van der Waals surface area contributed by atoms with E-state index in [1.807, 2.05) is 54.6 Å². The molecule has 2 N–H and O–H groups in total. The van der Waals surface area contributed by atoms with Crippen LogP contribution >= 0.6 is 0 Å². The van der Waals surface area contributed by atoms with Gasteiger partial charge in [-0.15, -0.1) is 0 Å². The van der Waals surface area contributed by atoms with E-state index >= 15 is 0 Å². The van der Waals surface area contributed by atoms with Crippen LogP contribution in [0, 0.1) is 0 Å². The smallest absolute Gasteiger partial charge is 0.241 e. The van der Waals surface area contributed by atoms with Crippen molar-refractivity contribution in [2.75, 3.05) is 7.11 Å². The third-order valence-corrected chi connectivity index (χ3v) is 5.90. The van der Waals surface area contributed by atoms with E-state index in [4.69, 9.17) is 4.74 Å². The molecular formula is C21H19N3O3S. The first-order valence-corrected chi connectivity index (χ1v) is 10.2. The second-order valence-corrected chi connectivity index (χ2v) is 7.99. The lowest BCUT2D eigenvalue weighted by Gasteiger charge is -2.17. The maximum absolute atomic E-state index is 13.0. The predicted octanol–water partition coefficient (Wildman–Crippen LogP) is 3.64. The Morgan fingerprint density at radius 2 is 1.61 bits per heavy atom. The first-order valence-electron chi connectivity index (χ1n) is 8.73. The van der Waals surface area contributed by atoms with Gasteiger partial charge in [0.15, 0.2) is 0 Å². The lowest BCUT2D eigenvalue weighted by molar-refractivity contribution is 0.414. The number of fused-ring (bicyclic) bond motifs is 1. The number of aromatic nitrogens is 2. The van der Waals surface area contributed by atoms with Gasteiger partial charge in [-0.25, -0.2) is 13.4 Å². The fraction of sp³-hybridized carbons (Fsp3) is 0.0952. The molecule has 28 heavy (non-hydrogen) atoms. The highest BCUT2D eigenvalue weighted by molar-refractivity contribution is 7.89. The van der Waals surface area contributed by atoms with Crippen molar-refractivity contribution in [2.45, 2.75) is 10.9 Å². The lowest BCUT2D eigenvalue weighted by atomic mass is 10.1. The Bertz CT molecular complexity index is 1150. The monoisotopic (exact) mass is 393 g/mol. The zero-order chi connectivity index (χ0) is 19.6. The molecule has 1 aromatic heterocycles. The largest absolute Gasteiger partial charge is 0.497 e. The number of hydrogen-bond acceptors (Lipinski definition) is 4. The standard InChI is InChI=1S/C21H19N3O3S/c1-27-16-11-13-17(14-12-16)28(25,26)24-20(15-7-3-2-4-8-15)21-22-18-9-5-6-10-19(18)23-21/h2-14,20,24H,1H3,(H,22,23). The van der Waals surface area contributed by atoms with Crippen LogP contribution in [0.4, 0.5) is 0 Å². The Balaban J connectivity index is 1.75. The van der Waals surface area contributed by atoms with Crippen molar-refractivity contribution < 1.29 is 13.2 Å². The molecule has 0 fully saturated rings. The summed E-state index contributed by atoms with van der Waals surface area (Å²) in [6.07, 6.45) is 0. The number of hydrogen-bond donors (Lipinski definition) is 2. The Kier molecular flexibility index (Phi) is 4.85. The van der Waals surface area contributed by atoms with Gasteiger partial charge < -0.3 is 9.72 Å². The van der Waals surface area contributed by atoms with Crippen LogP contribution in [-0.2, 0) is 10.0 Å². The second-order valence-electron chi connectivity index (χ2n) is 6.28. The molecule has 0 amide bonds. The van der Waals surface area contributed by atoms with Crippen LogP contribution in [0.1, 0.15) is 17.4 Å². The highest BCUT2D eigenvalue weighted by atomic mass is 32.2. The Labute approximate surface area is 163 Å². The summed E-state index contributed by atoms with van der Waals surface area (Å²) < 4.78 is 33.9. The molecule has 1 unspecified atom stereocenters. The summed E-state index contributed by atoms with van der Waals surface area (Å²) in [5, 5.41) is 0. The number of H-pyrrole nitrogens is 1. The van der Waals surface area contributed by atoms with E-state index in [0.29, 0.717) is 11.6 Å². The van der Waals surface area contributed by atoms with Crippen LogP contribution in [0.25, 0.3) is 11.0 Å². The zero-order valence-corrected chi connectivity index (χ0v) is 16.0. The summed E-state index contributed by atoms with van der Waals surface area (Å²) in [6, 6.07) is 22.6. The number of ether oxygens (including phenoxy) is 1. The Morgan fingerprint density at radius 1 is 0.929 bits per heavy atom. The van der Waals surface area contributed by atoms with Crippen LogP contribution in [0.5, 0.6) is 5.75 Å². The fourth-order valence-corrected chi connectivity index (χ4v) is 4.20. The number of para-hydroxylation sites is 2. The molecule has 0 saturated carbocycles. The van der Waals surface area contributed by atoms with Crippen molar-refractivity contribution in [3.8, 4) is 5.75 Å². The average molecular weight is 393 g/mol. The van der Waals surface area contributed by atoms with Gasteiger partial charge in [-0.3, -0.25) is 0 Å². The summed E-state index contributed by atoms with van der Waals surface area (Å²) in [6.45, 7) is 0. The van der Waals surface area contributed by atoms with E-state index in [0.717, 1.165) is 16.6 Å². The molecule has 0 aliphatic carbocycles. The maximum atomic E-state index is 13.0. The van der Waals surface area contributed by atoms with Gasteiger partial charge in [-0.1, -0.05) is 42.5 Å². The molecule has 4 aromatic rings. The Hall–Kier alpha value is -3.16. The van der Waals surface area contributed by atoms with Gasteiger partial charge in [0.2, 0.25) is 10.0 Å². The third kappa shape index (κ3) is 3.62. The fourth-order valence-electron chi connectivity index (χ4n) is 3.01. The number of rotatable bonds is 6. The third-order valence-electron chi connectivity index (χ3n) is 4.46. The molecule has 0 saturated heterocycles. The van der Waals surface area contributed by atoms with E-state index < -0.39 is 16.1 Å².